The molecule has 2 aliphatic rings. The number of hydrogen-bond donors (Lipinski definition) is 1. The van der Waals surface area contributed by atoms with Crippen LogP contribution >= 0.6 is 0 Å². The summed E-state index contributed by atoms with van der Waals surface area (Å²) in [6, 6.07) is 13.5. The third-order valence-electron chi connectivity index (χ3n) is 6.10. The van der Waals surface area contributed by atoms with Gasteiger partial charge in [0, 0.05) is 6.04 Å². The zero-order valence-corrected chi connectivity index (χ0v) is 18.0. The predicted molar refractivity (Wildman–Crippen MR) is 117 cm³/mol. The lowest BCUT2D eigenvalue weighted by molar-refractivity contribution is -0.124. The van der Waals surface area contributed by atoms with E-state index < -0.39 is 18.5 Å². The molecule has 0 saturated heterocycles. The molecule has 2 aromatic carbocycles. The SMILES string of the molecule is C[C@H](NC(=O)COC(=O)c1ccc2c(c1)C(=O)N(C1CCCCC1)C2=O)c1ccccc1. The topological polar surface area (TPSA) is 92.8 Å². The summed E-state index contributed by atoms with van der Waals surface area (Å²) in [5.74, 6) is -1.80. The highest BCUT2D eigenvalue weighted by atomic mass is 16.5. The van der Waals surface area contributed by atoms with E-state index >= 15 is 0 Å². The number of fused-ring (bicyclic) bond motifs is 1. The highest BCUT2D eigenvalue weighted by molar-refractivity contribution is 6.22. The Labute approximate surface area is 186 Å². The standard InChI is InChI=1S/C25H26N2O5/c1-16(17-8-4-2-5-9-17)26-22(28)15-32-25(31)18-12-13-20-21(14-18)24(30)27(23(20)29)19-10-6-3-7-11-19/h2,4-5,8-9,12-14,16,19H,3,6-7,10-11,15H2,1H3,(H,26,28)/t16-/m0/s1. The van der Waals surface area contributed by atoms with Gasteiger partial charge in [-0.05, 0) is 43.5 Å². The van der Waals surface area contributed by atoms with Crippen molar-refractivity contribution < 1.29 is 23.9 Å². The summed E-state index contributed by atoms with van der Waals surface area (Å²) >= 11 is 0. The Hall–Kier alpha value is -3.48. The summed E-state index contributed by atoms with van der Waals surface area (Å²) in [5, 5.41) is 2.78. The van der Waals surface area contributed by atoms with Crippen LogP contribution < -0.4 is 5.32 Å². The molecule has 1 atom stereocenters. The predicted octanol–water partition coefficient (Wildman–Crippen LogP) is 3.65. The van der Waals surface area contributed by atoms with Gasteiger partial charge in [0.1, 0.15) is 0 Å². The van der Waals surface area contributed by atoms with Gasteiger partial charge in [-0.15, -0.1) is 0 Å². The Morgan fingerprint density at radius 1 is 1.00 bits per heavy atom. The van der Waals surface area contributed by atoms with Gasteiger partial charge in [-0.1, -0.05) is 49.6 Å². The molecule has 0 aromatic heterocycles. The third kappa shape index (κ3) is 4.42. The minimum Gasteiger partial charge on any atom is -0.452 e. The number of amides is 3. The van der Waals surface area contributed by atoms with Crippen molar-refractivity contribution in [2.24, 2.45) is 0 Å². The van der Waals surface area contributed by atoms with Crippen LogP contribution in [0.4, 0.5) is 0 Å². The van der Waals surface area contributed by atoms with Crippen LogP contribution in [-0.4, -0.2) is 41.2 Å². The van der Waals surface area contributed by atoms with E-state index in [-0.39, 0.29) is 35.0 Å². The van der Waals surface area contributed by atoms with Gasteiger partial charge in [-0.25, -0.2) is 4.79 Å². The lowest BCUT2D eigenvalue weighted by atomic mass is 9.94. The number of benzene rings is 2. The minimum atomic E-state index is -0.716. The quantitative estimate of drug-likeness (QED) is 0.553. The first-order chi connectivity index (χ1) is 15.5. The summed E-state index contributed by atoms with van der Waals surface area (Å²) in [5.41, 5.74) is 1.61. The second-order valence-corrected chi connectivity index (χ2v) is 8.31. The van der Waals surface area contributed by atoms with Gasteiger partial charge in [-0.2, -0.15) is 0 Å². The molecule has 32 heavy (non-hydrogen) atoms. The molecule has 7 nitrogen and oxygen atoms in total. The van der Waals surface area contributed by atoms with E-state index in [1.54, 1.807) is 0 Å². The first-order valence-electron chi connectivity index (χ1n) is 11.0. The molecule has 0 spiro atoms. The van der Waals surface area contributed by atoms with Crippen LogP contribution in [0, 0.1) is 0 Å². The van der Waals surface area contributed by atoms with E-state index in [2.05, 4.69) is 5.32 Å². The van der Waals surface area contributed by atoms with Gasteiger partial charge in [0.05, 0.1) is 22.7 Å². The molecule has 1 saturated carbocycles. The highest BCUT2D eigenvalue weighted by Gasteiger charge is 2.40. The van der Waals surface area contributed by atoms with E-state index in [4.69, 9.17) is 4.74 Å². The average Bonchev–Trinajstić information content (AvgIpc) is 3.08. The van der Waals surface area contributed by atoms with Crippen molar-refractivity contribution in [3.05, 3.63) is 70.8 Å². The monoisotopic (exact) mass is 434 g/mol. The average molecular weight is 434 g/mol. The minimum absolute atomic E-state index is 0.0816. The normalized spacial score (nSPS) is 17.1. The van der Waals surface area contributed by atoms with Crippen molar-refractivity contribution in [3.8, 4) is 0 Å². The van der Waals surface area contributed by atoms with Gasteiger partial charge in [-0.3, -0.25) is 19.3 Å². The maximum absolute atomic E-state index is 12.9. The summed E-state index contributed by atoms with van der Waals surface area (Å²) in [7, 11) is 0. The van der Waals surface area contributed by atoms with Crippen LogP contribution in [0.2, 0.25) is 0 Å². The van der Waals surface area contributed by atoms with Gasteiger partial charge in [0.25, 0.3) is 17.7 Å². The fraction of sp³-hybridized carbons (Fsp3) is 0.360. The fourth-order valence-corrected chi connectivity index (χ4v) is 4.38. The smallest absolute Gasteiger partial charge is 0.338 e. The van der Waals surface area contributed by atoms with Crippen molar-refractivity contribution in [2.45, 2.75) is 51.1 Å². The van der Waals surface area contributed by atoms with Crippen molar-refractivity contribution in [2.75, 3.05) is 6.61 Å². The first kappa shape index (κ1) is 21.7. The Kier molecular flexibility index (Phi) is 6.35. The number of rotatable bonds is 6. The molecule has 1 fully saturated rings. The second-order valence-electron chi connectivity index (χ2n) is 8.31. The molecule has 4 rings (SSSR count). The second kappa shape index (κ2) is 9.34. The number of esters is 1. The number of hydrogen-bond acceptors (Lipinski definition) is 5. The van der Waals surface area contributed by atoms with E-state index in [0.29, 0.717) is 5.56 Å². The largest absolute Gasteiger partial charge is 0.452 e. The molecule has 0 bridgehead atoms. The summed E-state index contributed by atoms with van der Waals surface area (Å²) < 4.78 is 5.13. The number of carbonyl (C=O) groups is 4. The maximum atomic E-state index is 12.9. The number of carbonyl (C=O) groups excluding carboxylic acids is 4. The Balaban J connectivity index is 1.37. The first-order valence-corrected chi connectivity index (χ1v) is 11.0. The van der Waals surface area contributed by atoms with Gasteiger partial charge in [0.15, 0.2) is 6.61 Å². The molecule has 0 unspecified atom stereocenters. The molecule has 0 radical (unpaired) electrons. The van der Waals surface area contributed by atoms with Crippen LogP contribution in [-0.2, 0) is 9.53 Å². The third-order valence-corrected chi connectivity index (χ3v) is 6.10. The maximum Gasteiger partial charge on any atom is 0.338 e. The number of nitrogens with zero attached hydrogens (tertiary/aromatic N) is 1. The zero-order chi connectivity index (χ0) is 22.7. The fourth-order valence-electron chi connectivity index (χ4n) is 4.38. The zero-order valence-electron chi connectivity index (χ0n) is 18.0. The van der Waals surface area contributed by atoms with E-state index in [1.807, 2.05) is 37.3 Å². The molecular formula is C25H26N2O5. The summed E-state index contributed by atoms with van der Waals surface area (Å²) in [6.07, 6.45) is 4.75. The van der Waals surface area contributed by atoms with Crippen molar-refractivity contribution >= 4 is 23.7 Å². The number of imide groups is 1. The molecule has 1 N–H and O–H groups in total. The number of nitrogens with one attached hydrogen (secondary N) is 1. The lowest BCUT2D eigenvalue weighted by Gasteiger charge is -2.29. The molecule has 2 aromatic rings. The van der Waals surface area contributed by atoms with Crippen LogP contribution in [0.3, 0.4) is 0 Å². The molecule has 3 amide bonds. The molecule has 1 aliphatic heterocycles. The van der Waals surface area contributed by atoms with Crippen molar-refractivity contribution in [3.63, 3.8) is 0 Å². The van der Waals surface area contributed by atoms with E-state index in [9.17, 15) is 19.2 Å². The van der Waals surface area contributed by atoms with E-state index in [0.717, 1.165) is 37.7 Å². The summed E-state index contributed by atoms with van der Waals surface area (Å²) in [4.78, 5) is 51.6. The summed E-state index contributed by atoms with van der Waals surface area (Å²) in [6.45, 7) is 1.41. The van der Waals surface area contributed by atoms with Crippen LogP contribution in [0.15, 0.2) is 48.5 Å². The lowest BCUT2D eigenvalue weighted by Crippen LogP contribution is -2.40. The van der Waals surface area contributed by atoms with Gasteiger partial charge in [0.2, 0.25) is 0 Å². The van der Waals surface area contributed by atoms with Crippen molar-refractivity contribution in [1.29, 1.82) is 0 Å². The molecule has 1 heterocycles. The highest BCUT2D eigenvalue weighted by Crippen LogP contribution is 2.31. The van der Waals surface area contributed by atoms with Gasteiger partial charge < -0.3 is 10.1 Å². The van der Waals surface area contributed by atoms with Crippen molar-refractivity contribution in [1.82, 2.24) is 10.2 Å². The van der Waals surface area contributed by atoms with Crippen LogP contribution in [0.1, 0.15) is 81.7 Å². The Morgan fingerprint density at radius 2 is 1.69 bits per heavy atom. The molecule has 166 valence electrons. The molecule has 7 heteroatoms. The van der Waals surface area contributed by atoms with Crippen LogP contribution in [0.25, 0.3) is 0 Å². The number of ether oxygens (including phenoxy) is 1. The Morgan fingerprint density at radius 3 is 2.41 bits per heavy atom. The Bertz CT molecular complexity index is 1040. The van der Waals surface area contributed by atoms with Crippen LogP contribution in [0.5, 0.6) is 0 Å². The van der Waals surface area contributed by atoms with Gasteiger partial charge >= 0.3 is 5.97 Å². The molecular weight excluding hydrogens is 408 g/mol. The molecule has 1 aliphatic carbocycles. The van der Waals surface area contributed by atoms with E-state index in [1.165, 1.54) is 23.1 Å².